The summed E-state index contributed by atoms with van der Waals surface area (Å²) in [6, 6.07) is 13.4. The first-order chi connectivity index (χ1) is 16.4. The van der Waals surface area contributed by atoms with Crippen LogP contribution in [0.5, 0.6) is 0 Å². The maximum atomic E-state index is 12.9. The molecule has 0 spiro atoms. The monoisotopic (exact) mass is 454 g/mol. The van der Waals surface area contributed by atoms with Gasteiger partial charge >= 0.3 is 0 Å². The van der Waals surface area contributed by atoms with Crippen LogP contribution in [0.25, 0.3) is 0 Å². The molecule has 0 saturated heterocycles. The number of fused-ring (bicyclic) bond motifs is 2. The molecule has 3 aliphatic carbocycles. The molecule has 0 unspecified atom stereocenters. The zero-order valence-electron chi connectivity index (χ0n) is 19.3. The van der Waals surface area contributed by atoms with Gasteiger partial charge in [0.05, 0.1) is 12.1 Å². The van der Waals surface area contributed by atoms with E-state index in [1.54, 1.807) is 62.4 Å². The smallest absolute Gasteiger partial charge is 0.180 e. The molecule has 172 valence electrons. The standard InChI is InChI=1S/C28H26N2O4/c1-15(23-25(31)17-9-3-4-10-18(17)26(23)32)29-21-13-7-8-14-22(21)30-16(2)24-27(33)19-11-5-6-12-20(19)28(24)34/h3-6,9-12,21-24H,7-8,13-14H2,1-2H3/t21-,22-/m1/s1. The molecule has 3 aliphatic rings. The summed E-state index contributed by atoms with van der Waals surface area (Å²) in [5.74, 6) is -2.56. The van der Waals surface area contributed by atoms with E-state index in [0.717, 1.165) is 25.7 Å². The number of carbonyl (C=O) groups is 4. The van der Waals surface area contributed by atoms with Crippen LogP contribution in [-0.4, -0.2) is 46.6 Å². The first-order valence-corrected chi connectivity index (χ1v) is 11.8. The lowest BCUT2D eigenvalue weighted by atomic mass is 9.89. The SMILES string of the molecule is CC(=N[C@@H]1CCCC[C@H]1N=C(C)C1C(=O)c2ccccc2C1=O)C1C(=O)c2ccccc2C1=O. The second-order valence-corrected chi connectivity index (χ2v) is 9.37. The summed E-state index contributed by atoms with van der Waals surface area (Å²) in [6.07, 6.45) is 3.53. The second kappa shape index (κ2) is 8.67. The van der Waals surface area contributed by atoms with Crippen LogP contribution in [0.2, 0.25) is 0 Å². The Balaban J connectivity index is 1.40. The zero-order valence-corrected chi connectivity index (χ0v) is 19.3. The Hall–Kier alpha value is -3.54. The minimum atomic E-state index is -0.877. The van der Waals surface area contributed by atoms with Gasteiger partial charge in [-0.2, -0.15) is 0 Å². The van der Waals surface area contributed by atoms with Crippen molar-refractivity contribution in [3.05, 3.63) is 70.8 Å². The van der Waals surface area contributed by atoms with Crippen LogP contribution in [0.3, 0.4) is 0 Å². The topological polar surface area (TPSA) is 93.0 Å². The van der Waals surface area contributed by atoms with Gasteiger partial charge in [-0.3, -0.25) is 29.2 Å². The van der Waals surface area contributed by atoms with Crippen LogP contribution in [-0.2, 0) is 0 Å². The van der Waals surface area contributed by atoms with E-state index in [9.17, 15) is 19.2 Å². The molecule has 0 aromatic heterocycles. The molecule has 0 amide bonds. The maximum absolute atomic E-state index is 12.9. The van der Waals surface area contributed by atoms with E-state index in [2.05, 4.69) is 0 Å². The number of benzene rings is 2. The van der Waals surface area contributed by atoms with Gasteiger partial charge < -0.3 is 0 Å². The fourth-order valence-corrected chi connectivity index (χ4v) is 5.51. The van der Waals surface area contributed by atoms with Crippen molar-refractivity contribution in [2.45, 2.75) is 51.6 Å². The van der Waals surface area contributed by atoms with Crippen molar-refractivity contribution >= 4 is 34.6 Å². The van der Waals surface area contributed by atoms with E-state index in [0.29, 0.717) is 33.7 Å². The minimum absolute atomic E-state index is 0.193. The average molecular weight is 455 g/mol. The first-order valence-electron chi connectivity index (χ1n) is 11.8. The van der Waals surface area contributed by atoms with Gasteiger partial charge in [0.25, 0.3) is 0 Å². The molecule has 34 heavy (non-hydrogen) atoms. The van der Waals surface area contributed by atoms with Gasteiger partial charge in [0.15, 0.2) is 23.1 Å². The fraction of sp³-hybridized carbons (Fsp3) is 0.357. The molecule has 1 saturated carbocycles. The van der Waals surface area contributed by atoms with Gasteiger partial charge in [-0.1, -0.05) is 61.4 Å². The van der Waals surface area contributed by atoms with E-state index in [1.807, 2.05) is 0 Å². The van der Waals surface area contributed by atoms with Crippen molar-refractivity contribution in [3.8, 4) is 0 Å². The lowest BCUT2D eigenvalue weighted by Gasteiger charge is -2.28. The Morgan fingerprint density at radius 1 is 0.588 bits per heavy atom. The van der Waals surface area contributed by atoms with E-state index < -0.39 is 11.8 Å². The van der Waals surface area contributed by atoms with E-state index in [-0.39, 0.29) is 35.2 Å². The summed E-state index contributed by atoms with van der Waals surface area (Å²) in [4.78, 5) is 61.3. The van der Waals surface area contributed by atoms with Crippen molar-refractivity contribution in [3.63, 3.8) is 0 Å². The lowest BCUT2D eigenvalue weighted by molar-refractivity contribution is 0.0866. The van der Waals surface area contributed by atoms with E-state index in [1.165, 1.54) is 0 Å². The highest BCUT2D eigenvalue weighted by Crippen LogP contribution is 2.32. The molecule has 0 aliphatic heterocycles. The summed E-state index contributed by atoms with van der Waals surface area (Å²) in [5.41, 5.74) is 2.85. The summed E-state index contributed by atoms with van der Waals surface area (Å²) in [6.45, 7) is 3.49. The van der Waals surface area contributed by atoms with Crippen LogP contribution in [0.15, 0.2) is 58.5 Å². The van der Waals surface area contributed by atoms with Crippen LogP contribution in [0.4, 0.5) is 0 Å². The second-order valence-electron chi connectivity index (χ2n) is 9.37. The van der Waals surface area contributed by atoms with Gasteiger partial charge in [-0.15, -0.1) is 0 Å². The van der Waals surface area contributed by atoms with Crippen LogP contribution in [0, 0.1) is 11.8 Å². The number of aliphatic imine (C=N–C) groups is 2. The zero-order chi connectivity index (χ0) is 24.0. The van der Waals surface area contributed by atoms with Gasteiger partial charge in [-0.05, 0) is 26.7 Å². The fourth-order valence-electron chi connectivity index (χ4n) is 5.51. The number of Topliss-reactive ketones (excluding diaryl/α,β-unsaturated/α-hetero) is 4. The summed E-state index contributed by atoms with van der Waals surface area (Å²) in [5, 5.41) is 0. The van der Waals surface area contributed by atoms with Crippen LogP contribution < -0.4 is 0 Å². The summed E-state index contributed by atoms with van der Waals surface area (Å²) < 4.78 is 0. The normalized spacial score (nSPS) is 24.1. The number of carbonyl (C=O) groups excluding carboxylic acids is 4. The Bertz CT molecular complexity index is 1120. The van der Waals surface area contributed by atoms with Crippen molar-refractivity contribution in [2.75, 3.05) is 0 Å². The molecule has 2 aromatic carbocycles. The molecular formula is C28H26N2O4. The highest BCUT2D eigenvalue weighted by molar-refractivity contribution is 6.37. The number of hydrogen-bond acceptors (Lipinski definition) is 6. The Kier molecular flexibility index (Phi) is 5.68. The molecule has 0 radical (unpaired) electrons. The Morgan fingerprint density at radius 2 is 0.882 bits per heavy atom. The lowest BCUT2D eigenvalue weighted by Crippen LogP contribution is -2.33. The van der Waals surface area contributed by atoms with Gasteiger partial charge in [0.1, 0.15) is 11.8 Å². The molecule has 5 rings (SSSR count). The van der Waals surface area contributed by atoms with Gasteiger partial charge in [0.2, 0.25) is 0 Å². The van der Waals surface area contributed by atoms with Gasteiger partial charge in [-0.25, -0.2) is 0 Å². The molecule has 0 N–H and O–H groups in total. The Labute approximate surface area is 198 Å². The summed E-state index contributed by atoms with van der Waals surface area (Å²) >= 11 is 0. The largest absolute Gasteiger partial charge is 0.293 e. The van der Waals surface area contributed by atoms with E-state index >= 15 is 0 Å². The quantitative estimate of drug-likeness (QED) is 0.498. The predicted octanol–water partition coefficient (Wildman–Crippen LogP) is 4.61. The molecule has 0 heterocycles. The van der Waals surface area contributed by atoms with Crippen molar-refractivity contribution in [1.29, 1.82) is 0 Å². The van der Waals surface area contributed by atoms with E-state index in [4.69, 9.17) is 9.98 Å². The van der Waals surface area contributed by atoms with Crippen molar-refractivity contribution in [2.24, 2.45) is 21.8 Å². The summed E-state index contributed by atoms with van der Waals surface area (Å²) in [7, 11) is 0. The average Bonchev–Trinajstić information content (AvgIpc) is 3.25. The Morgan fingerprint density at radius 3 is 1.18 bits per heavy atom. The van der Waals surface area contributed by atoms with Crippen molar-refractivity contribution in [1.82, 2.24) is 0 Å². The molecule has 2 atom stereocenters. The molecule has 0 bridgehead atoms. The third kappa shape index (κ3) is 3.58. The third-order valence-corrected chi connectivity index (χ3v) is 7.23. The number of rotatable bonds is 4. The molecule has 6 nitrogen and oxygen atoms in total. The third-order valence-electron chi connectivity index (χ3n) is 7.23. The molecule has 1 fully saturated rings. The van der Waals surface area contributed by atoms with Crippen LogP contribution in [0.1, 0.15) is 81.0 Å². The highest BCUT2D eigenvalue weighted by Gasteiger charge is 2.42. The predicted molar refractivity (Wildman–Crippen MR) is 129 cm³/mol. The number of ketones is 4. The molecular weight excluding hydrogens is 428 g/mol. The highest BCUT2D eigenvalue weighted by atomic mass is 16.2. The van der Waals surface area contributed by atoms with Crippen molar-refractivity contribution < 1.29 is 19.2 Å². The molecule has 2 aromatic rings. The number of nitrogens with zero attached hydrogens (tertiary/aromatic N) is 2. The number of hydrogen-bond donors (Lipinski definition) is 0. The van der Waals surface area contributed by atoms with Gasteiger partial charge in [0, 0.05) is 33.7 Å². The first kappa shape index (κ1) is 22.3. The molecule has 6 heteroatoms. The van der Waals surface area contributed by atoms with Crippen LogP contribution >= 0.6 is 0 Å². The minimum Gasteiger partial charge on any atom is -0.293 e. The maximum Gasteiger partial charge on any atom is 0.180 e.